The van der Waals surface area contributed by atoms with Crippen LogP contribution in [0.25, 0.3) is 11.6 Å². The lowest BCUT2D eigenvalue weighted by atomic mass is 9.94. The average molecular weight is 420 g/mol. The number of aryl methyl sites for hydroxylation is 1. The number of piperidine rings is 1. The number of carbonyl (C=O) groups excluding carboxylic acids is 1. The molecule has 0 bridgehead atoms. The van der Waals surface area contributed by atoms with Gasteiger partial charge in [0.2, 0.25) is 11.8 Å². The molecule has 9 heteroatoms. The number of benzene rings is 1. The molecule has 3 aromatic rings. The summed E-state index contributed by atoms with van der Waals surface area (Å²) in [5, 5.41) is 9.49. The van der Waals surface area contributed by atoms with Gasteiger partial charge >= 0.3 is 0 Å². The van der Waals surface area contributed by atoms with E-state index in [4.69, 9.17) is 9.25 Å². The lowest BCUT2D eigenvalue weighted by Gasteiger charge is -2.34. The number of nitrogens with zero attached hydrogens (tertiary/aromatic N) is 6. The smallest absolute Gasteiger partial charge is 0.266 e. The molecule has 0 N–H and O–H groups in total. The minimum atomic E-state index is -0.0551. The van der Waals surface area contributed by atoms with E-state index in [1.807, 2.05) is 24.3 Å². The molecule has 2 fully saturated rings. The molecule has 1 amide bonds. The fourth-order valence-electron chi connectivity index (χ4n) is 4.24. The summed E-state index contributed by atoms with van der Waals surface area (Å²) in [6.07, 6.45) is 3.83. The first-order valence-corrected chi connectivity index (χ1v) is 10.6. The van der Waals surface area contributed by atoms with Crippen LogP contribution in [0.5, 0.6) is 0 Å². The molecule has 0 spiro atoms. The zero-order chi connectivity index (χ0) is 21.2. The molecular weight excluding hydrogens is 396 g/mol. The van der Waals surface area contributed by atoms with E-state index in [1.165, 1.54) is 6.33 Å². The molecule has 1 unspecified atom stereocenters. The van der Waals surface area contributed by atoms with Crippen LogP contribution < -0.4 is 4.90 Å². The van der Waals surface area contributed by atoms with Gasteiger partial charge in [0, 0.05) is 38.4 Å². The van der Waals surface area contributed by atoms with Gasteiger partial charge in [-0.1, -0.05) is 30.3 Å². The minimum Gasteiger partial charge on any atom is -0.420 e. The van der Waals surface area contributed by atoms with Crippen molar-refractivity contribution in [3.8, 4) is 11.6 Å². The maximum absolute atomic E-state index is 13.2. The minimum absolute atomic E-state index is 0.00554. The average Bonchev–Trinajstić information content (AvgIpc) is 3.49. The maximum atomic E-state index is 13.2. The summed E-state index contributed by atoms with van der Waals surface area (Å²) in [7, 11) is 0. The Hall–Kier alpha value is -3.33. The zero-order valence-electron chi connectivity index (χ0n) is 17.3. The van der Waals surface area contributed by atoms with Crippen molar-refractivity contribution in [2.24, 2.45) is 5.92 Å². The van der Waals surface area contributed by atoms with Crippen molar-refractivity contribution in [3.63, 3.8) is 0 Å². The van der Waals surface area contributed by atoms with Crippen molar-refractivity contribution in [3.05, 3.63) is 54.2 Å². The molecule has 160 valence electrons. The first-order valence-electron chi connectivity index (χ1n) is 10.6. The van der Waals surface area contributed by atoms with E-state index in [0.717, 1.165) is 43.7 Å². The van der Waals surface area contributed by atoms with E-state index < -0.39 is 0 Å². The van der Waals surface area contributed by atoms with Crippen LogP contribution in [0.15, 0.2) is 47.1 Å². The summed E-state index contributed by atoms with van der Waals surface area (Å²) in [6.45, 7) is 3.79. The highest BCUT2D eigenvalue weighted by Gasteiger charge is 2.37. The van der Waals surface area contributed by atoms with Gasteiger partial charge in [-0.15, -0.1) is 10.2 Å². The third kappa shape index (κ3) is 4.00. The fraction of sp³-hybridized carbons (Fsp3) is 0.409. The van der Waals surface area contributed by atoms with Gasteiger partial charge in [0.25, 0.3) is 5.89 Å². The molecule has 2 saturated heterocycles. The van der Waals surface area contributed by atoms with Crippen LogP contribution in [0.4, 0.5) is 5.82 Å². The Morgan fingerprint density at radius 2 is 1.87 bits per heavy atom. The van der Waals surface area contributed by atoms with Crippen molar-refractivity contribution >= 4 is 11.7 Å². The highest BCUT2D eigenvalue weighted by atomic mass is 16.7. The topological polar surface area (TPSA) is 97.5 Å². The lowest BCUT2D eigenvalue weighted by molar-refractivity contribution is -0.182. The molecule has 5 rings (SSSR count). The van der Waals surface area contributed by atoms with E-state index in [2.05, 4.69) is 37.2 Å². The summed E-state index contributed by atoms with van der Waals surface area (Å²) in [5.74, 6) is 1.69. The highest BCUT2D eigenvalue weighted by molar-refractivity contribution is 5.79. The zero-order valence-corrected chi connectivity index (χ0v) is 17.3. The number of hydroxylamine groups is 2. The Balaban J connectivity index is 1.24. The summed E-state index contributed by atoms with van der Waals surface area (Å²) in [4.78, 5) is 29.7. The molecular formula is C22H24N6O3. The van der Waals surface area contributed by atoms with Gasteiger partial charge in [-0.05, 0) is 18.4 Å². The predicted molar refractivity (Wildman–Crippen MR) is 112 cm³/mol. The van der Waals surface area contributed by atoms with E-state index in [0.29, 0.717) is 24.1 Å². The third-order valence-electron chi connectivity index (χ3n) is 5.87. The van der Waals surface area contributed by atoms with E-state index in [1.54, 1.807) is 12.0 Å². The number of anilines is 1. The fourth-order valence-corrected chi connectivity index (χ4v) is 4.24. The molecule has 2 aliphatic heterocycles. The second kappa shape index (κ2) is 8.43. The normalized spacial score (nSPS) is 19.7. The van der Waals surface area contributed by atoms with Gasteiger partial charge in [0.1, 0.15) is 17.8 Å². The number of amides is 1. The first kappa shape index (κ1) is 19.6. The Bertz CT molecular complexity index is 1050. The lowest BCUT2D eigenvalue weighted by Crippen LogP contribution is -2.42. The number of aromatic nitrogens is 4. The summed E-state index contributed by atoms with van der Waals surface area (Å²) in [6, 6.07) is 11.9. The van der Waals surface area contributed by atoms with Crippen LogP contribution in [0.3, 0.4) is 0 Å². The van der Waals surface area contributed by atoms with Gasteiger partial charge in [-0.3, -0.25) is 9.63 Å². The van der Waals surface area contributed by atoms with Crippen LogP contribution in [0.1, 0.15) is 36.8 Å². The predicted octanol–water partition coefficient (Wildman–Crippen LogP) is 2.96. The summed E-state index contributed by atoms with van der Waals surface area (Å²) < 4.78 is 5.47. The first-order chi connectivity index (χ1) is 15.2. The van der Waals surface area contributed by atoms with Crippen molar-refractivity contribution in [2.75, 3.05) is 24.6 Å². The second-order valence-electron chi connectivity index (χ2n) is 7.86. The molecule has 31 heavy (non-hydrogen) atoms. The molecule has 2 aliphatic rings. The quantitative estimate of drug-likeness (QED) is 0.635. The molecule has 2 aromatic heterocycles. The van der Waals surface area contributed by atoms with E-state index >= 15 is 0 Å². The maximum Gasteiger partial charge on any atom is 0.266 e. The summed E-state index contributed by atoms with van der Waals surface area (Å²) >= 11 is 0. The molecule has 0 aliphatic carbocycles. The standard InChI is InChI=1S/C22H24N6O3/c1-15-25-26-21(31-15)18-13-20(24-14-23-18)27-10-7-17(8-11-27)22(29)28-19(9-12-30-28)16-5-3-2-4-6-16/h2-6,13-14,17,19H,7-12H2,1H3. The van der Waals surface area contributed by atoms with Gasteiger partial charge in [0.05, 0.1) is 12.6 Å². The van der Waals surface area contributed by atoms with Crippen molar-refractivity contribution in [1.82, 2.24) is 25.2 Å². The molecule has 9 nitrogen and oxygen atoms in total. The van der Waals surface area contributed by atoms with Crippen molar-refractivity contribution in [1.29, 1.82) is 0 Å². The second-order valence-corrected chi connectivity index (χ2v) is 7.86. The van der Waals surface area contributed by atoms with Crippen LogP contribution in [-0.2, 0) is 9.63 Å². The monoisotopic (exact) mass is 420 g/mol. The van der Waals surface area contributed by atoms with Crippen LogP contribution in [0.2, 0.25) is 0 Å². The Morgan fingerprint density at radius 3 is 2.61 bits per heavy atom. The Morgan fingerprint density at radius 1 is 1.06 bits per heavy atom. The molecule has 1 aromatic carbocycles. The molecule has 0 radical (unpaired) electrons. The largest absolute Gasteiger partial charge is 0.420 e. The SMILES string of the molecule is Cc1nnc(-c2cc(N3CCC(C(=O)N4OCCC4c4ccccc4)CC3)ncn2)o1. The molecule has 0 saturated carbocycles. The number of rotatable bonds is 4. The highest BCUT2D eigenvalue weighted by Crippen LogP contribution is 2.34. The Labute approximate surface area is 180 Å². The number of hydrogen-bond donors (Lipinski definition) is 0. The van der Waals surface area contributed by atoms with Crippen molar-refractivity contribution in [2.45, 2.75) is 32.2 Å². The Kier molecular flexibility index (Phi) is 5.33. The van der Waals surface area contributed by atoms with Gasteiger partial charge < -0.3 is 9.32 Å². The van der Waals surface area contributed by atoms with Crippen LogP contribution in [-0.4, -0.2) is 50.8 Å². The molecule has 1 atom stereocenters. The van der Waals surface area contributed by atoms with E-state index in [-0.39, 0.29) is 17.9 Å². The third-order valence-corrected chi connectivity index (χ3v) is 5.87. The molecule has 4 heterocycles. The van der Waals surface area contributed by atoms with Gasteiger partial charge in [-0.2, -0.15) is 0 Å². The summed E-state index contributed by atoms with van der Waals surface area (Å²) in [5.41, 5.74) is 1.72. The number of hydrogen-bond acceptors (Lipinski definition) is 8. The van der Waals surface area contributed by atoms with Crippen LogP contribution >= 0.6 is 0 Å². The van der Waals surface area contributed by atoms with Gasteiger partial charge in [0.15, 0.2) is 0 Å². The van der Waals surface area contributed by atoms with Crippen LogP contribution in [0, 0.1) is 12.8 Å². The number of carbonyl (C=O) groups is 1. The van der Waals surface area contributed by atoms with E-state index in [9.17, 15) is 4.79 Å². The van der Waals surface area contributed by atoms with Gasteiger partial charge in [-0.25, -0.2) is 15.0 Å². The van der Waals surface area contributed by atoms with Crippen molar-refractivity contribution < 1.29 is 14.0 Å².